The van der Waals surface area contributed by atoms with Gasteiger partial charge < -0.3 is 25.2 Å². The van der Waals surface area contributed by atoms with E-state index in [1.165, 1.54) is 11.1 Å². The summed E-state index contributed by atoms with van der Waals surface area (Å²) in [5.41, 5.74) is 3.59. The number of methoxy groups -OCH3 is 1. The van der Waals surface area contributed by atoms with Crippen molar-refractivity contribution >= 4 is 5.96 Å². The van der Waals surface area contributed by atoms with Gasteiger partial charge in [-0.25, -0.2) is 4.99 Å². The van der Waals surface area contributed by atoms with Crippen LogP contribution >= 0.6 is 0 Å². The van der Waals surface area contributed by atoms with Crippen molar-refractivity contribution in [2.75, 3.05) is 33.4 Å². The van der Waals surface area contributed by atoms with E-state index in [1.54, 1.807) is 7.11 Å². The van der Waals surface area contributed by atoms with Crippen molar-refractivity contribution < 1.29 is 14.6 Å². The molecule has 2 rings (SSSR count). The molecule has 0 amide bonds. The third-order valence-corrected chi connectivity index (χ3v) is 4.56. The van der Waals surface area contributed by atoms with Crippen molar-refractivity contribution in [3.8, 4) is 11.5 Å². The summed E-state index contributed by atoms with van der Waals surface area (Å²) in [4.78, 5) is 4.69. The van der Waals surface area contributed by atoms with E-state index < -0.39 is 0 Å². The predicted molar refractivity (Wildman–Crippen MR) is 118 cm³/mol. The fourth-order valence-corrected chi connectivity index (χ4v) is 2.86. The molecular formula is C23H33N3O3. The van der Waals surface area contributed by atoms with Crippen LogP contribution in [-0.2, 0) is 6.54 Å². The molecule has 3 N–H and O–H groups in total. The summed E-state index contributed by atoms with van der Waals surface area (Å²) in [6.07, 6.45) is 0. The quantitative estimate of drug-likeness (QED) is 0.422. The molecule has 2 aromatic carbocycles. The van der Waals surface area contributed by atoms with E-state index in [2.05, 4.69) is 60.7 Å². The highest BCUT2D eigenvalue weighted by Crippen LogP contribution is 2.28. The van der Waals surface area contributed by atoms with Crippen LogP contribution in [0.25, 0.3) is 0 Å². The molecule has 0 aromatic heterocycles. The van der Waals surface area contributed by atoms with Crippen LogP contribution in [0.1, 0.15) is 36.5 Å². The smallest absolute Gasteiger partial charge is 0.191 e. The molecule has 2 aromatic rings. The van der Waals surface area contributed by atoms with Gasteiger partial charge in [0.1, 0.15) is 6.61 Å². The average molecular weight is 400 g/mol. The predicted octanol–water partition coefficient (Wildman–Crippen LogP) is 3.23. The lowest BCUT2D eigenvalue weighted by Gasteiger charge is -2.16. The number of hydrogen-bond acceptors (Lipinski definition) is 4. The summed E-state index contributed by atoms with van der Waals surface area (Å²) >= 11 is 0. The van der Waals surface area contributed by atoms with Gasteiger partial charge in [0, 0.05) is 13.1 Å². The molecule has 0 heterocycles. The molecule has 1 unspecified atom stereocenters. The van der Waals surface area contributed by atoms with Gasteiger partial charge in [0.05, 0.1) is 20.3 Å². The largest absolute Gasteiger partial charge is 0.493 e. The average Bonchev–Trinajstić information content (AvgIpc) is 2.74. The zero-order valence-electron chi connectivity index (χ0n) is 17.9. The van der Waals surface area contributed by atoms with E-state index in [0.717, 1.165) is 24.6 Å². The molecule has 6 nitrogen and oxygen atoms in total. The van der Waals surface area contributed by atoms with E-state index in [9.17, 15) is 0 Å². The van der Waals surface area contributed by atoms with Gasteiger partial charge in [0.25, 0.3) is 0 Å². The standard InChI is InChI=1S/C23H33N3O3/c1-5-24-23(25-15-18(3)20-9-6-17(2)7-10-20)26-16-19-8-11-21(29-13-12-27)22(14-19)28-4/h6-11,14,18,27H,5,12-13,15-16H2,1-4H3,(H2,24,25,26). The van der Waals surface area contributed by atoms with Crippen LogP contribution in [0.4, 0.5) is 0 Å². The van der Waals surface area contributed by atoms with Crippen LogP contribution in [0.5, 0.6) is 11.5 Å². The Bertz CT molecular complexity index is 775. The Balaban J connectivity index is 1.99. The maximum absolute atomic E-state index is 8.92. The SMILES string of the molecule is CCNC(=NCc1ccc(OCCO)c(OC)c1)NCC(C)c1ccc(C)cc1. The van der Waals surface area contributed by atoms with Crippen molar-refractivity contribution in [1.29, 1.82) is 0 Å². The summed E-state index contributed by atoms with van der Waals surface area (Å²) in [5, 5.41) is 15.6. The number of aliphatic hydroxyl groups excluding tert-OH is 1. The molecule has 0 aliphatic rings. The molecule has 158 valence electrons. The first-order valence-corrected chi connectivity index (χ1v) is 10.1. The van der Waals surface area contributed by atoms with Gasteiger partial charge >= 0.3 is 0 Å². The van der Waals surface area contributed by atoms with E-state index in [4.69, 9.17) is 14.6 Å². The van der Waals surface area contributed by atoms with Crippen LogP contribution in [0.3, 0.4) is 0 Å². The molecule has 0 spiro atoms. The minimum Gasteiger partial charge on any atom is -0.493 e. The third-order valence-electron chi connectivity index (χ3n) is 4.56. The second-order valence-corrected chi connectivity index (χ2v) is 6.95. The van der Waals surface area contributed by atoms with Gasteiger partial charge in [0.15, 0.2) is 17.5 Å². The first kappa shape index (κ1) is 22.6. The summed E-state index contributed by atoms with van der Waals surface area (Å²) < 4.78 is 10.9. The van der Waals surface area contributed by atoms with Crippen molar-refractivity contribution in [2.45, 2.75) is 33.2 Å². The molecule has 0 radical (unpaired) electrons. The van der Waals surface area contributed by atoms with Gasteiger partial charge in [-0.1, -0.05) is 42.8 Å². The van der Waals surface area contributed by atoms with Crippen molar-refractivity contribution in [2.24, 2.45) is 4.99 Å². The number of nitrogens with one attached hydrogen (secondary N) is 2. The second kappa shape index (κ2) is 12.0. The van der Waals surface area contributed by atoms with E-state index in [-0.39, 0.29) is 13.2 Å². The van der Waals surface area contributed by atoms with Crippen molar-refractivity contribution in [3.05, 3.63) is 59.2 Å². The zero-order valence-corrected chi connectivity index (χ0v) is 17.9. The van der Waals surface area contributed by atoms with Crippen LogP contribution in [0.15, 0.2) is 47.5 Å². The number of ether oxygens (including phenoxy) is 2. The number of benzene rings is 2. The van der Waals surface area contributed by atoms with Crippen molar-refractivity contribution in [3.63, 3.8) is 0 Å². The lowest BCUT2D eigenvalue weighted by atomic mass is 10.0. The topological polar surface area (TPSA) is 75.1 Å². The Hall–Kier alpha value is -2.73. The van der Waals surface area contributed by atoms with Gasteiger partial charge in [-0.15, -0.1) is 0 Å². The number of guanidine groups is 1. The minimum atomic E-state index is -0.0338. The van der Waals surface area contributed by atoms with Gasteiger partial charge in [-0.3, -0.25) is 0 Å². The normalized spacial score (nSPS) is 12.4. The monoisotopic (exact) mass is 399 g/mol. The van der Waals surface area contributed by atoms with E-state index >= 15 is 0 Å². The van der Waals surface area contributed by atoms with Crippen LogP contribution in [0, 0.1) is 6.92 Å². The highest BCUT2D eigenvalue weighted by molar-refractivity contribution is 5.79. The van der Waals surface area contributed by atoms with E-state index in [0.29, 0.717) is 24.0 Å². The molecule has 0 aliphatic carbocycles. The molecule has 0 fully saturated rings. The summed E-state index contributed by atoms with van der Waals surface area (Å²) in [7, 11) is 1.60. The molecule has 6 heteroatoms. The van der Waals surface area contributed by atoms with E-state index in [1.807, 2.05) is 18.2 Å². The Morgan fingerprint density at radius 3 is 2.52 bits per heavy atom. The maximum atomic E-state index is 8.92. The van der Waals surface area contributed by atoms with Crippen LogP contribution < -0.4 is 20.1 Å². The minimum absolute atomic E-state index is 0.0338. The molecule has 0 saturated heterocycles. The van der Waals surface area contributed by atoms with Crippen LogP contribution in [0.2, 0.25) is 0 Å². The second-order valence-electron chi connectivity index (χ2n) is 6.95. The summed E-state index contributed by atoms with van der Waals surface area (Å²) in [6.45, 7) is 8.67. The Labute approximate surface area is 174 Å². The zero-order chi connectivity index (χ0) is 21.1. The number of rotatable bonds is 10. The molecule has 0 aliphatic heterocycles. The third kappa shape index (κ3) is 7.31. The van der Waals surface area contributed by atoms with Crippen molar-refractivity contribution in [1.82, 2.24) is 10.6 Å². The highest BCUT2D eigenvalue weighted by atomic mass is 16.5. The molecular weight excluding hydrogens is 366 g/mol. The Morgan fingerprint density at radius 2 is 1.86 bits per heavy atom. The molecule has 1 atom stereocenters. The number of aliphatic hydroxyl groups is 1. The summed E-state index contributed by atoms with van der Waals surface area (Å²) in [5.74, 6) is 2.41. The molecule has 0 saturated carbocycles. The fourth-order valence-electron chi connectivity index (χ4n) is 2.86. The van der Waals surface area contributed by atoms with Gasteiger partial charge in [0.2, 0.25) is 0 Å². The maximum Gasteiger partial charge on any atom is 0.191 e. The molecule has 0 bridgehead atoms. The number of aliphatic imine (C=N–C) groups is 1. The Morgan fingerprint density at radius 1 is 1.10 bits per heavy atom. The first-order chi connectivity index (χ1) is 14.1. The lowest BCUT2D eigenvalue weighted by Crippen LogP contribution is -2.39. The summed E-state index contributed by atoms with van der Waals surface area (Å²) in [6, 6.07) is 14.4. The lowest BCUT2D eigenvalue weighted by molar-refractivity contribution is 0.196. The van der Waals surface area contributed by atoms with Gasteiger partial charge in [-0.05, 0) is 43.0 Å². The number of hydrogen-bond donors (Lipinski definition) is 3. The van der Waals surface area contributed by atoms with Crippen LogP contribution in [-0.4, -0.2) is 44.5 Å². The fraction of sp³-hybridized carbons (Fsp3) is 0.435. The molecule has 29 heavy (non-hydrogen) atoms. The number of aryl methyl sites for hydroxylation is 1. The first-order valence-electron chi connectivity index (χ1n) is 10.1. The Kier molecular flexibility index (Phi) is 9.31. The number of nitrogens with zero attached hydrogens (tertiary/aromatic N) is 1. The highest BCUT2D eigenvalue weighted by Gasteiger charge is 2.08. The van der Waals surface area contributed by atoms with Gasteiger partial charge in [-0.2, -0.15) is 0 Å².